The molecule has 5 rings (SSSR count). The predicted molar refractivity (Wildman–Crippen MR) is 122 cm³/mol. The molecule has 3 heterocycles. The van der Waals surface area contributed by atoms with Crippen molar-refractivity contribution < 1.29 is 19.6 Å². The van der Waals surface area contributed by atoms with Crippen molar-refractivity contribution in [3.8, 4) is 0 Å². The highest BCUT2D eigenvalue weighted by atomic mass is 32.1. The summed E-state index contributed by atoms with van der Waals surface area (Å²) in [6, 6.07) is 6.28. The molecule has 1 fully saturated rings. The van der Waals surface area contributed by atoms with Crippen molar-refractivity contribution in [3.05, 3.63) is 51.0 Å². The summed E-state index contributed by atoms with van der Waals surface area (Å²) in [4.78, 5) is 28.4. The van der Waals surface area contributed by atoms with Crippen LogP contribution in [0.5, 0.6) is 0 Å². The van der Waals surface area contributed by atoms with Crippen molar-refractivity contribution >= 4 is 28.9 Å². The highest BCUT2D eigenvalue weighted by molar-refractivity contribution is 7.10. The standard InChI is InChI=1S/C23H26N4O4S/c1-30-25-18-7-3-4-15-16(18)5-2-6-17(15)21-12-19(26-31-21)20-13-32-22(24-20)14-8-10-27(11-9-14)23(28)29/h2,5-6,13-14,21H,3-4,7-12H2,1H3,(H,28,29)/b25-18+. The van der Waals surface area contributed by atoms with Gasteiger partial charge >= 0.3 is 6.09 Å². The molecule has 0 bridgehead atoms. The molecule has 168 valence electrons. The molecule has 8 nitrogen and oxygen atoms in total. The van der Waals surface area contributed by atoms with Gasteiger partial charge in [0.2, 0.25) is 0 Å². The number of fused-ring (bicyclic) bond motifs is 1. The Hall–Kier alpha value is -2.94. The molecule has 1 aromatic heterocycles. The number of carboxylic acid groups (broad SMARTS) is 1. The lowest BCUT2D eigenvalue weighted by Gasteiger charge is -2.28. The maximum atomic E-state index is 11.1. The van der Waals surface area contributed by atoms with Gasteiger partial charge in [-0.15, -0.1) is 11.3 Å². The Kier molecular flexibility index (Phi) is 5.82. The summed E-state index contributed by atoms with van der Waals surface area (Å²) in [5.41, 5.74) is 6.34. The van der Waals surface area contributed by atoms with Gasteiger partial charge in [0.05, 0.1) is 16.4 Å². The second-order valence-corrected chi connectivity index (χ2v) is 9.29. The Labute approximate surface area is 190 Å². The average Bonchev–Trinajstić information content (AvgIpc) is 3.49. The Morgan fingerprint density at radius 2 is 2.16 bits per heavy atom. The molecule has 1 unspecified atom stereocenters. The van der Waals surface area contributed by atoms with Gasteiger partial charge < -0.3 is 19.7 Å². The molecule has 0 radical (unpaired) electrons. The second kappa shape index (κ2) is 8.90. The molecule has 2 aliphatic heterocycles. The van der Waals surface area contributed by atoms with Crippen LogP contribution in [0.4, 0.5) is 4.79 Å². The minimum absolute atomic E-state index is 0.120. The largest absolute Gasteiger partial charge is 0.465 e. The van der Waals surface area contributed by atoms with Crippen molar-refractivity contribution in [1.29, 1.82) is 0 Å². The van der Waals surface area contributed by atoms with E-state index in [1.807, 2.05) is 5.38 Å². The van der Waals surface area contributed by atoms with Crippen molar-refractivity contribution in [3.63, 3.8) is 0 Å². The molecule has 1 aliphatic carbocycles. The molecular weight excluding hydrogens is 428 g/mol. The van der Waals surface area contributed by atoms with E-state index in [0.717, 1.165) is 59.8 Å². The molecular formula is C23H26N4O4S. The summed E-state index contributed by atoms with van der Waals surface area (Å²) < 4.78 is 0. The molecule has 0 saturated carbocycles. The number of carbonyl (C=O) groups is 1. The van der Waals surface area contributed by atoms with Crippen LogP contribution in [0.3, 0.4) is 0 Å². The number of hydrogen-bond donors (Lipinski definition) is 1. The number of nitrogens with zero attached hydrogens (tertiary/aromatic N) is 4. The van der Waals surface area contributed by atoms with Crippen LogP contribution in [0.1, 0.15) is 71.5 Å². The van der Waals surface area contributed by atoms with Gasteiger partial charge in [0, 0.05) is 36.4 Å². The topological polar surface area (TPSA) is 96.6 Å². The predicted octanol–water partition coefficient (Wildman–Crippen LogP) is 4.55. The second-order valence-electron chi connectivity index (χ2n) is 8.40. The zero-order chi connectivity index (χ0) is 22.1. The zero-order valence-electron chi connectivity index (χ0n) is 18.0. The van der Waals surface area contributed by atoms with E-state index in [2.05, 4.69) is 28.5 Å². The van der Waals surface area contributed by atoms with Crippen molar-refractivity contribution in [2.45, 2.75) is 50.5 Å². The van der Waals surface area contributed by atoms with Crippen LogP contribution in [0, 0.1) is 0 Å². The van der Waals surface area contributed by atoms with Crippen LogP contribution in [0.2, 0.25) is 0 Å². The maximum absolute atomic E-state index is 11.1. The Morgan fingerprint density at radius 3 is 2.94 bits per heavy atom. The molecule has 0 spiro atoms. The number of piperidine rings is 1. The fraction of sp³-hybridized carbons (Fsp3) is 0.478. The minimum Gasteiger partial charge on any atom is -0.465 e. The fourth-order valence-corrected chi connectivity index (χ4v) is 5.85. The molecule has 9 heteroatoms. The van der Waals surface area contributed by atoms with Gasteiger partial charge in [-0.3, -0.25) is 0 Å². The van der Waals surface area contributed by atoms with Crippen LogP contribution in [0.15, 0.2) is 33.9 Å². The molecule has 1 saturated heterocycles. The molecule has 3 aliphatic rings. The average molecular weight is 455 g/mol. The van der Waals surface area contributed by atoms with E-state index in [4.69, 9.17) is 19.8 Å². The summed E-state index contributed by atoms with van der Waals surface area (Å²) in [5.74, 6) is 0.308. The van der Waals surface area contributed by atoms with E-state index in [0.29, 0.717) is 25.4 Å². The highest BCUT2D eigenvalue weighted by Crippen LogP contribution is 2.37. The lowest BCUT2D eigenvalue weighted by molar-refractivity contribution is 0.0850. The number of amides is 1. The molecule has 2 aromatic rings. The first-order valence-corrected chi connectivity index (χ1v) is 11.9. The van der Waals surface area contributed by atoms with Crippen molar-refractivity contribution in [1.82, 2.24) is 9.88 Å². The monoisotopic (exact) mass is 454 g/mol. The van der Waals surface area contributed by atoms with Crippen molar-refractivity contribution in [2.24, 2.45) is 10.3 Å². The lowest BCUT2D eigenvalue weighted by atomic mass is 9.84. The van der Waals surface area contributed by atoms with Crippen LogP contribution in [-0.2, 0) is 16.1 Å². The zero-order valence-corrected chi connectivity index (χ0v) is 18.8. The molecule has 32 heavy (non-hydrogen) atoms. The third-order valence-electron chi connectivity index (χ3n) is 6.51. The van der Waals surface area contributed by atoms with Gasteiger partial charge in [0.15, 0.2) is 6.10 Å². The SMILES string of the molecule is CO/N=C1\CCCc2c1cccc2C1CC(c2csc(C3CCN(C(=O)O)CC3)n2)=NO1. The number of likely N-dealkylation sites (tertiary alicyclic amines) is 1. The van der Waals surface area contributed by atoms with E-state index in [9.17, 15) is 4.79 Å². The summed E-state index contributed by atoms with van der Waals surface area (Å²) in [6.45, 7) is 1.13. The van der Waals surface area contributed by atoms with Gasteiger partial charge in [0.25, 0.3) is 0 Å². The Morgan fingerprint density at radius 1 is 1.31 bits per heavy atom. The Balaban J connectivity index is 1.29. The van der Waals surface area contributed by atoms with E-state index >= 15 is 0 Å². The van der Waals surface area contributed by atoms with Gasteiger partial charge in [-0.05, 0) is 43.2 Å². The third-order valence-corrected chi connectivity index (χ3v) is 7.52. The van der Waals surface area contributed by atoms with E-state index < -0.39 is 6.09 Å². The normalized spacial score (nSPS) is 22.4. The summed E-state index contributed by atoms with van der Waals surface area (Å²) >= 11 is 1.64. The molecule has 1 amide bonds. The van der Waals surface area contributed by atoms with Crippen LogP contribution < -0.4 is 0 Å². The maximum Gasteiger partial charge on any atom is 0.407 e. The number of aromatic nitrogens is 1. The minimum atomic E-state index is -0.838. The quantitative estimate of drug-likeness (QED) is 0.684. The van der Waals surface area contributed by atoms with E-state index in [1.165, 1.54) is 16.0 Å². The van der Waals surface area contributed by atoms with Crippen LogP contribution >= 0.6 is 11.3 Å². The molecule has 1 N–H and O–H groups in total. The number of oxime groups is 2. The van der Waals surface area contributed by atoms with Gasteiger partial charge in [-0.1, -0.05) is 28.5 Å². The van der Waals surface area contributed by atoms with Crippen LogP contribution in [0.25, 0.3) is 0 Å². The highest BCUT2D eigenvalue weighted by Gasteiger charge is 2.31. The van der Waals surface area contributed by atoms with E-state index in [-0.39, 0.29) is 6.10 Å². The first kappa shape index (κ1) is 20.9. The number of benzene rings is 1. The lowest BCUT2D eigenvalue weighted by Crippen LogP contribution is -2.36. The third kappa shape index (κ3) is 3.97. The number of hydrogen-bond acceptors (Lipinski definition) is 7. The first-order chi connectivity index (χ1) is 15.6. The summed E-state index contributed by atoms with van der Waals surface area (Å²) in [6.07, 6.45) is 4.32. The van der Waals surface area contributed by atoms with E-state index in [1.54, 1.807) is 18.4 Å². The van der Waals surface area contributed by atoms with Crippen molar-refractivity contribution in [2.75, 3.05) is 20.2 Å². The van der Waals surface area contributed by atoms with Gasteiger partial charge in [-0.2, -0.15) is 0 Å². The number of thiazole rings is 1. The number of rotatable bonds is 4. The summed E-state index contributed by atoms with van der Waals surface area (Å²) in [7, 11) is 1.59. The smallest absolute Gasteiger partial charge is 0.407 e. The first-order valence-electron chi connectivity index (χ1n) is 11.0. The van der Waals surface area contributed by atoms with Gasteiger partial charge in [0.1, 0.15) is 12.8 Å². The summed E-state index contributed by atoms with van der Waals surface area (Å²) in [5, 5.41) is 20.9. The molecule has 1 atom stereocenters. The fourth-order valence-electron chi connectivity index (χ4n) is 4.85. The van der Waals surface area contributed by atoms with Gasteiger partial charge in [-0.25, -0.2) is 9.78 Å². The molecule has 1 aromatic carbocycles. The van der Waals surface area contributed by atoms with Crippen LogP contribution in [-0.4, -0.2) is 52.7 Å². The Bertz CT molecular complexity index is 1070.